The summed E-state index contributed by atoms with van der Waals surface area (Å²) in [7, 11) is 0. The average molecular weight is 318 g/mol. The zero-order valence-corrected chi connectivity index (χ0v) is 13.1. The van der Waals surface area contributed by atoms with E-state index in [1.165, 1.54) is 0 Å². The Morgan fingerprint density at radius 2 is 2.26 bits per heavy atom. The van der Waals surface area contributed by atoms with E-state index in [9.17, 15) is 9.59 Å². The number of anilines is 1. The molecule has 0 bridgehead atoms. The number of aromatic nitrogens is 1. The Hall–Kier alpha value is -2.15. The molecule has 3 rings (SSSR count). The number of pyridine rings is 1. The SMILES string of the molecule is O=C1CC[C@H](C(=O)NCc2ccnc(N3CCOCC3)c2)CN1. The largest absolute Gasteiger partial charge is 0.378 e. The zero-order chi connectivity index (χ0) is 16.1. The smallest absolute Gasteiger partial charge is 0.225 e. The van der Waals surface area contributed by atoms with Gasteiger partial charge in [-0.15, -0.1) is 0 Å². The first kappa shape index (κ1) is 15.7. The molecule has 0 radical (unpaired) electrons. The number of piperidine rings is 1. The lowest BCUT2D eigenvalue weighted by Gasteiger charge is -2.28. The fourth-order valence-corrected chi connectivity index (χ4v) is 2.83. The van der Waals surface area contributed by atoms with Crippen LogP contribution in [0.1, 0.15) is 18.4 Å². The maximum atomic E-state index is 12.2. The number of nitrogens with one attached hydrogen (secondary N) is 2. The highest BCUT2D eigenvalue weighted by Gasteiger charge is 2.24. The molecule has 0 aromatic carbocycles. The van der Waals surface area contributed by atoms with E-state index in [2.05, 4.69) is 20.5 Å². The zero-order valence-electron chi connectivity index (χ0n) is 13.1. The lowest BCUT2D eigenvalue weighted by Crippen LogP contribution is -2.42. The van der Waals surface area contributed by atoms with Crippen molar-refractivity contribution in [1.29, 1.82) is 0 Å². The van der Waals surface area contributed by atoms with Crippen LogP contribution in [0, 0.1) is 5.92 Å². The molecule has 7 nitrogen and oxygen atoms in total. The molecule has 23 heavy (non-hydrogen) atoms. The first-order valence-corrected chi connectivity index (χ1v) is 8.04. The van der Waals surface area contributed by atoms with Crippen molar-refractivity contribution in [2.75, 3.05) is 37.7 Å². The van der Waals surface area contributed by atoms with Gasteiger partial charge in [0.15, 0.2) is 0 Å². The van der Waals surface area contributed by atoms with Crippen LogP contribution in [-0.4, -0.2) is 49.6 Å². The number of carbonyl (C=O) groups is 2. The highest BCUT2D eigenvalue weighted by molar-refractivity contribution is 5.83. The summed E-state index contributed by atoms with van der Waals surface area (Å²) in [6, 6.07) is 3.92. The molecule has 2 aliphatic rings. The third kappa shape index (κ3) is 4.19. The summed E-state index contributed by atoms with van der Waals surface area (Å²) in [6.07, 6.45) is 2.81. The van der Waals surface area contributed by atoms with E-state index in [4.69, 9.17) is 4.74 Å². The van der Waals surface area contributed by atoms with E-state index >= 15 is 0 Å². The Morgan fingerprint density at radius 1 is 1.43 bits per heavy atom. The number of hydrogen-bond donors (Lipinski definition) is 2. The molecule has 0 unspecified atom stereocenters. The Labute approximate surface area is 135 Å². The third-order valence-corrected chi connectivity index (χ3v) is 4.25. The molecule has 124 valence electrons. The van der Waals surface area contributed by atoms with E-state index in [-0.39, 0.29) is 17.7 Å². The van der Waals surface area contributed by atoms with Crippen LogP contribution in [0.2, 0.25) is 0 Å². The van der Waals surface area contributed by atoms with Crippen molar-refractivity contribution in [2.45, 2.75) is 19.4 Å². The van der Waals surface area contributed by atoms with Gasteiger partial charge in [0, 0.05) is 38.8 Å². The highest BCUT2D eigenvalue weighted by Crippen LogP contribution is 2.15. The van der Waals surface area contributed by atoms with Gasteiger partial charge in [-0.1, -0.05) is 0 Å². The highest BCUT2D eigenvalue weighted by atomic mass is 16.5. The standard InChI is InChI=1S/C16H22N4O3/c21-15-2-1-13(11-18-15)16(22)19-10-12-3-4-17-14(9-12)20-5-7-23-8-6-20/h3-4,9,13H,1-2,5-8,10-11H2,(H,18,21)(H,19,22)/t13-/m0/s1. The quantitative estimate of drug-likeness (QED) is 0.820. The number of morpholine rings is 1. The fraction of sp³-hybridized carbons (Fsp3) is 0.562. The molecule has 2 amide bonds. The van der Waals surface area contributed by atoms with Crippen molar-refractivity contribution in [1.82, 2.24) is 15.6 Å². The van der Waals surface area contributed by atoms with Crippen molar-refractivity contribution >= 4 is 17.6 Å². The van der Waals surface area contributed by atoms with E-state index in [1.54, 1.807) is 6.20 Å². The summed E-state index contributed by atoms with van der Waals surface area (Å²) in [5.41, 5.74) is 1.02. The van der Waals surface area contributed by atoms with Crippen LogP contribution in [-0.2, 0) is 20.9 Å². The van der Waals surface area contributed by atoms with Crippen molar-refractivity contribution in [3.8, 4) is 0 Å². The molecule has 0 aliphatic carbocycles. The Balaban J connectivity index is 1.53. The third-order valence-electron chi connectivity index (χ3n) is 4.25. The van der Waals surface area contributed by atoms with Crippen LogP contribution < -0.4 is 15.5 Å². The second kappa shape index (κ2) is 7.41. The van der Waals surface area contributed by atoms with Crippen molar-refractivity contribution in [3.63, 3.8) is 0 Å². The van der Waals surface area contributed by atoms with Crippen LogP contribution in [0.15, 0.2) is 18.3 Å². The molecule has 2 fully saturated rings. The van der Waals surface area contributed by atoms with E-state index in [1.807, 2.05) is 12.1 Å². The molecule has 1 atom stereocenters. The average Bonchev–Trinajstić information content (AvgIpc) is 2.61. The summed E-state index contributed by atoms with van der Waals surface area (Å²) < 4.78 is 5.35. The van der Waals surface area contributed by atoms with Crippen molar-refractivity contribution in [3.05, 3.63) is 23.9 Å². The summed E-state index contributed by atoms with van der Waals surface area (Å²) >= 11 is 0. The van der Waals surface area contributed by atoms with Gasteiger partial charge >= 0.3 is 0 Å². The van der Waals surface area contributed by atoms with Gasteiger partial charge < -0.3 is 20.3 Å². The molecule has 2 saturated heterocycles. The summed E-state index contributed by atoms with van der Waals surface area (Å²) in [5.74, 6) is 0.811. The van der Waals surface area contributed by atoms with Crippen LogP contribution in [0.3, 0.4) is 0 Å². The number of nitrogens with zero attached hydrogens (tertiary/aromatic N) is 2. The van der Waals surface area contributed by atoms with E-state index in [0.29, 0.717) is 25.9 Å². The summed E-state index contributed by atoms with van der Waals surface area (Å²) in [5, 5.41) is 5.69. The van der Waals surface area contributed by atoms with Crippen LogP contribution in [0.4, 0.5) is 5.82 Å². The monoisotopic (exact) mass is 318 g/mol. The molecule has 3 heterocycles. The molecule has 1 aromatic rings. The predicted molar refractivity (Wildman–Crippen MR) is 84.8 cm³/mol. The van der Waals surface area contributed by atoms with Gasteiger partial charge in [-0.05, 0) is 24.1 Å². The molecule has 7 heteroatoms. The number of amides is 2. The fourth-order valence-electron chi connectivity index (χ4n) is 2.83. The van der Waals surface area contributed by atoms with Crippen LogP contribution in [0.5, 0.6) is 0 Å². The molecule has 2 aliphatic heterocycles. The predicted octanol–water partition coefficient (Wildman–Crippen LogP) is 0.0606. The maximum absolute atomic E-state index is 12.2. The van der Waals surface area contributed by atoms with Crippen molar-refractivity contribution in [2.24, 2.45) is 5.92 Å². The first-order chi connectivity index (χ1) is 11.2. The summed E-state index contributed by atoms with van der Waals surface area (Å²) in [4.78, 5) is 29.9. The molecule has 0 saturated carbocycles. The van der Waals surface area contributed by atoms with Gasteiger partial charge in [0.05, 0.1) is 19.1 Å². The van der Waals surface area contributed by atoms with Crippen LogP contribution in [0.25, 0.3) is 0 Å². The maximum Gasteiger partial charge on any atom is 0.225 e. The minimum atomic E-state index is -0.131. The topological polar surface area (TPSA) is 83.6 Å². The first-order valence-electron chi connectivity index (χ1n) is 8.04. The molecule has 1 aromatic heterocycles. The number of carbonyl (C=O) groups excluding carboxylic acids is 2. The molecular weight excluding hydrogens is 296 g/mol. The Morgan fingerprint density at radius 3 is 3.00 bits per heavy atom. The second-order valence-electron chi connectivity index (χ2n) is 5.88. The van der Waals surface area contributed by atoms with Gasteiger partial charge in [-0.3, -0.25) is 9.59 Å². The van der Waals surface area contributed by atoms with Gasteiger partial charge in [-0.2, -0.15) is 0 Å². The Kier molecular flexibility index (Phi) is 5.07. The van der Waals surface area contributed by atoms with E-state index < -0.39 is 0 Å². The lowest BCUT2D eigenvalue weighted by atomic mass is 9.98. The number of rotatable bonds is 4. The normalized spacial score (nSPS) is 21.7. The molecule has 2 N–H and O–H groups in total. The second-order valence-corrected chi connectivity index (χ2v) is 5.88. The van der Waals surface area contributed by atoms with Crippen LogP contribution >= 0.6 is 0 Å². The van der Waals surface area contributed by atoms with Gasteiger partial charge in [-0.25, -0.2) is 4.98 Å². The number of ether oxygens (including phenoxy) is 1. The molecule has 0 spiro atoms. The lowest BCUT2D eigenvalue weighted by molar-refractivity contribution is -0.129. The van der Waals surface area contributed by atoms with Gasteiger partial charge in [0.2, 0.25) is 11.8 Å². The molecular formula is C16H22N4O3. The van der Waals surface area contributed by atoms with Gasteiger partial charge in [0.25, 0.3) is 0 Å². The minimum absolute atomic E-state index is 0.00488. The number of hydrogen-bond acceptors (Lipinski definition) is 5. The minimum Gasteiger partial charge on any atom is -0.378 e. The van der Waals surface area contributed by atoms with E-state index in [0.717, 1.165) is 37.7 Å². The van der Waals surface area contributed by atoms with Gasteiger partial charge in [0.1, 0.15) is 5.82 Å². The van der Waals surface area contributed by atoms with Crippen molar-refractivity contribution < 1.29 is 14.3 Å². The summed E-state index contributed by atoms with van der Waals surface area (Å²) in [6.45, 7) is 4.02. The Bertz CT molecular complexity index is 562.